The molecule has 0 spiro atoms. The van der Waals surface area contributed by atoms with Gasteiger partial charge in [0.25, 0.3) is 0 Å². The molecule has 0 aliphatic heterocycles. The molecule has 1 aromatic carbocycles. The predicted molar refractivity (Wildman–Crippen MR) is 58.0 cm³/mol. The standard InChI is InChI=1S/C12H16O3/c13-9-3-1-2-4-10-5-7-11(8-6-10)12(14)15/h5-8,13H,1-4,9H2,(H,14,15). The van der Waals surface area contributed by atoms with Crippen LogP contribution in [0.5, 0.6) is 0 Å². The molecule has 0 radical (unpaired) electrons. The highest BCUT2D eigenvalue weighted by molar-refractivity contribution is 5.87. The second-order valence-corrected chi connectivity index (χ2v) is 3.54. The van der Waals surface area contributed by atoms with Crippen molar-refractivity contribution in [2.45, 2.75) is 25.7 Å². The van der Waals surface area contributed by atoms with E-state index in [2.05, 4.69) is 0 Å². The van der Waals surface area contributed by atoms with Crippen LogP contribution in [0, 0.1) is 0 Å². The van der Waals surface area contributed by atoms with Crippen LogP contribution in [0.15, 0.2) is 24.3 Å². The Morgan fingerprint density at radius 1 is 1.07 bits per heavy atom. The molecule has 3 nitrogen and oxygen atoms in total. The number of aliphatic hydroxyl groups is 1. The molecule has 3 heteroatoms. The van der Waals surface area contributed by atoms with Crippen LogP contribution in [0.4, 0.5) is 0 Å². The monoisotopic (exact) mass is 208 g/mol. The predicted octanol–water partition coefficient (Wildman–Crippen LogP) is 2.09. The third-order valence-corrected chi connectivity index (χ3v) is 2.32. The molecule has 2 N–H and O–H groups in total. The zero-order chi connectivity index (χ0) is 11.1. The number of rotatable bonds is 6. The summed E-state index contributed by atoms with van der Waals surface area (Å²) >= 11 is 0. The number of hydrogen-bond acceptors (Lipinski definition) is 2. The van der Waals surface area contributed by atoms with Gasteiger partial charge in [-0.2, -0.15) is 0 Å². The maximum Gasteiger partial charge on any atom is 0.335 e. The molecule has 82 valence electrons. The van der Waals surface area contributed by atoms with Crippen molar-refractivity contribution < 1.29 is 15.0 Å². The number of carbonyl (C=O) groups is 1. The van der Waals surface area contributed by atoms with Gasteiger partial charge in [-0.05, 0) is 37.0 Å². The van der Waals surface area contributed by atoms with Crippen LogP contribution >= 0.6 is 0 Å². The summed E-state index contributed by atoms with van der Waals surface area (Å²) in [6, 6.07) is 6.96. The maximum absolute atomic E-state index is 10.6. The molecule has 0 amide bonds. The smallest absolute Gasteiger partial charge is 0.335 e. The molecule has 0 aromatic heterocycles. The van der Waals surface area contributed by atoms with Crippen molar-refractivity contribution in [1.29, 1.82) is 0 Å². The Bertz CT molecular complexity index is 303. The second-order valence-electron chi connectivity index (χ2n) is 3.54. The second kappa shape index (κ2) is 6.19. The lowest BCUT2D eigenvalue weighted by Crippen LogP contribution is -1.96. The van der Waals surface area contributed by atoms with Gasteiger partial charge in [0.2, 0.25) is 0 Å². The van der Waals surface area contributed by atoms with E-state index < -0.39 is 5.97 Å². The van der Waals surface area contributed by atoms with Crippen LogP contribution in [0.1, 0.15) is 35.2 Å². The molecule has 1 rings (SSSR count). The zero-order valence-electron chi connectivity index (χ0n) is 8.65. The van der Waals surface area contributed by atoms with E-state index in [4.69, 9.17) is 10.2 Å². The molecule has 0 unspecified atom stereocenters. The largest absolute Gasteiger partial charge is 0.478 e. The van der Waals surface area contributed by atoms with E-state index in [0.717, 1.165) is 31.2 Å². The molecule has 0 saturated carbocycles. The minimum absolute atomic E-state index is 0.248. The van der Waals surface area contributed by atoms with Gasteiger partial charge >= 0.3 is 5.97 Å². The van der Waals surface area contributed by atoms with Crippen molar-refractivity contribution in [2.24, 2.45) is 0 Å². The summed E-state index contributed by atoms with van der Waals surface area (Å²) in [7, 11) is 0. The Balaban J connectivity index is 2.39. The summed E-state index contributed by atoms with van der Waals surface area (Å²) in [4.78, 5) is 10.6. The van der Waals surface area contributed by atoms with E-state index in [0.29, 0.717) is 5.56 Å². The molecule has 0 saturated heterocycles. The lowest BCUT2D eigenvalue weighted by atomic mass is 10.1. The fourth-order valence-corrected chi connectivity index (χ4v) is 1.43. The molecule has 0 fully saturated rings. The summed E-state index contributed by atoms with van der Waals surface area (Å²) in [6.07, 6.45) is 3.83. The van der Waals surface area contributed by atoms with Gasteiger partial charge in [0.15, 0.2) is 0 Å². The summed E-state index contributed by atoms with van der Waals surface area (Å²) in [5.41, 5.74) is 1.48. The first-order chi connectivity index (χ1) is 7.24. The summed E-state index contributed by atoms with van der Waals surface area (Å²) in [5, 5.41) is 17.3. The topological polar surface area (TPSA) is 57.5 Å². The van der Waals surface area contributed by atoms with E-state index in [9.17, 15) is 4.79 Å². The Hall–Kier alpha value is -1.35. The van der Waals surface area contributed by atoms with Gasteiger partial charge in [-0.15, -0.1) is 0 Å². The molecular formula is C12H16O3. The zero-order valence-corrected chi connectivity index (χ0v) is 8.65. The van der Waals surface area contributed by atoms with Crippen LogP contribution < -0.4 is 0 Å². The highest BCUT2D eigenvalue weighted by atomic mass is 16.4. The van der Waals surface area contributed by atoms with Crippen molar-refractivity contribution in [2.75, 3.05) is 6.61 Å². The van der Waals surface area contributed by atoms with Gasteiger partial charge in [-0.3, -0.25) is 0 Å². The van der Waals surface area contributed by atoms with Crippen LogP contribution in [-0.4, -0.2) is 22.8 Å². The van der Waals surface area contributed by atoms with Crippen LogP contribution in [0.2, 0.25) is 0 Å². The SMILES string of the molecule is O=C(O)c1ccc(CCCCCO)cc1. The van der Waals surface area contributed by atoms with Crippen LogP contribution in [0.25, 0.3) is 0 Å². The lowest BCUT2D eigenvalue weighted by molar-refractivity contribution is 0.0697. The fraction of sp³-hybridized carbons (Fsp3) is 0.417. The molecular weight excluding hydrogens is 192 g/mol. The molecule has 0 aliphatic carbocycles. The summed E-state index contributed by atoms with van der Waals surface area (Å²) in [6.45, 7) is 0.248. The number of aryl methyl sites for hydroxylation is 1. The van der Waals surface area contributed by atoms with Crippen molar-refractivity contribution in [3.8, 4) is 0 Å². The first-order valence-corrected chi connectivity index (χ1v) is 5.17. The van der Waals surface area contributed by atoms with Gasteiger partial charge < -0.3 is 10.2 Å². The molecule has 0 bridgehead atoms. The first kappa shape index (κ1) is 11.7. The van der Waals surface area contributed by atoms with Crippen molar-refractivity contribution in [1.82, 2.24) is 0 Å². The molecule has 15 heavy (non-hydrogen) atoms. The Labute approximate surface area is 89.4 Å². The van der Waals surface area contributed by atoms with E-state index >= 15 is 0 Å². The number of aromatic carboxylic acids is 1. The third-order valence-electron chi connectivity index (χ3n) is 2.32. The van der Waals surface area contributed by atoms with Gasteiger partial charge in [-0.25, -0.2) is 4.79 Å². The van der Waals surface area contributed by atoms with Gasteiger partial charge in [0.1, 0.15) is 0 Å². The quantitative estimate of drug-likeness (QED) is 0.704. The number of unbranched alkanes of at least 4 members (excludes halogenated alkanes) is 2. The van der Waals surface area contributed by atoms with Gasteiger partial charge in [-0.1, -0.05) is 18.6 Å². The van der Waals surface area contributed by atoms with E-state index in [1.54, 1.807) is 12.1 Å². The Morgan fingerprint density at radius 2 is 1.73 bits per heavy atom. The first-order valence-electron chi connectivity index (χ1n) is 5.17. The fourth-order valence-electron chi connectivity index (χ4n) is 1.43. The Kier molecular flexibility index (Phi) is 4.84. The average molecular weight is 208 g/mol. The highest BCUT2D eigenvalue weighted by Crippen LogP contribution is 2.08. The Morgan fingerprint density at radius 3 is 2.27 bits per heavy atom. The van der Waals surface area contributed by atoms with Crippen molar-refractivity contribution in [3.05, 3.63) is 35.4 Å². The van der Waals surface area contributed by atoms with Crippen molar-refractivity contribution >= 4 is 5.97 Å². The summed E-state index contributed by atoms with van der Waals surface area (Å²) in [5.74, 6) is -0.887. The van der Waals surface area contributed by atoms with Gasteiger partial charge in [0.05, 0.1) is 5.56 Å². The van der Waals surface area contributed by atoms with E-state index in [1.807, 2.05) is 12.1 Å². The van der Waals surface area contributed by atoms with Crippen LogP contribution in [0.3, 0.4) is 0 Å². The molecule has 0 aliphatic rings. The minimum atomic E-state index is -0.887. The van der Waals surface area contributed by atoms with E-state index in [-0.39, 0.29) is 6.61 Å². The normalized spacial score (nSPS) is 10.2. The van der Waals surface area contributed by atoms with Crippen LogP contribution in [-0.2, 0) is 6.42 Å². The minimum Gasteiger partial charge on any atom is -0.478 e. The number of carboxylic acids is 1. The lowest BCUT2D eigenvalue weighted by Gasteiger charge is -2.01. The van der Waals surface area contributed by atoms with Crippen molar-refractivity contribution in [3.63, 3.8) is 0 Å². The average Bonchev–Trinajstić information content (AvgIpc) is 2.25. The molecule has 0 atom stereocenters. The van der Waals surface area contributed by atoms with E-state index in [1.165, 1.54) is 0 Å². The molecule has 1 aromatic rings. The molecule has 0 heterocycles. The summed E-state index contributed by atoms with van der Waals surface area (Å²) < 4.78 is 0. The van der Waals surface area contributed by atoms with Gasteiger partial charge in [0, 0.05) is 6.61 Å². The maximum atomic E-state index is 10.6. The highest BCUT2D eigenvalue weighted by Gasteiger charge is 2.01. The number of hydrogen-bond donors (Lipinski definition) is 2. The number of carboxylic acid groups (broad SMARTS) is 1. The number of aliphatic hydroxyl groups excluding tert-OH is 1. The third kappa shape index (κ3) is 4.13. The number of benzene rings is 1.